The minimum absolute atomic E-state index is 0.329. The maximum absolute atomic E-state index is 11.3. The lowest BCUT2D eigenvalue weighted by atomic mass is 10.1. The van der Waals surface area contributed by atoms with Gasteiger partial charge in [-0.05, 0) is 37.6 Å². The fourth-order valence-corrected chi connectivity index (χ4v) is 1.25. The van der Waals surface area contributed by atoms with Crippen LogP contribution in [-0.4, -0.2) is 12.6 Å². The van der Waals surface area contributed by atoms with E-state index < -0.39 is 0 Å². The minimum atomic E-state index is -0.329. The average Bonchev–Trinajstić information content (AvgIpc) is 2.29. The molecule has 0 heterocycles. The second kappa shape index (κ2) is 5.72. The molecule has 0 aromatic heterocycles. The van der Waals surface area contributed by atoms with Crippen molar-refractivity contribution < 1.29 is 9.53 Å². The summed E-state index contributed by atoms with van der Waals surface area (Å²) in [6.45, 7) is 3.82. The summed E-state index contributed by atoms with van der Waals surface area (Å²) >= 11 is 0. The van der Waals surface area contributed by atoms with Crippen LogP contribution in [0, 0.1) is 11.3 Å². The summed E-state index contributed by atoms with van der Waals surface area (Å²) in [6.07, 6.45) is 1.71. The molecule has 0 aliphatic rings. The van der Waals surface area contributed by atoms with Gasteiger partial charge in [-0.3, -0.25) is 0 Å². The van der Waals surface area contributed by atoms with Crippen molar-refractivity contribution in [1.82, 2.24) is 0 Å². The maximum Gasteiger partial charge on any atom is 0.333 e. The van der Waals surface area contributed by atoms with E-state index >= 15 is 0 Å². The molecule has 0 unspecified atom stereocenters. The van der Waals surface area contributed by atoms with E-state index in [-0.39, 0.29) is 5.97 Å². The Kier molecular flexibility index (Phi) is 4.28. The Bertz CT molecular complexity index is 455. The van der Waals surface area contributed by atoms with Crippen LogP contribution in [0.3, 0.4) is 0 Å². The highest BCUT2D eigenvalue weighted by Crippen LogP contribution is 2.10. The first kappa shape index (κ1) is 12.0. The third-order valence-electron chi connectivity index (χ3n) is 2.00. The van der Waals surface area contributed by atoms with Crippen molar-refractivity contribution in [2.75, 3.05) is 6.61 Å². The zero-order chi connectivity index (χ0) is 12.0. The van der Waals surface area contributed by atoms with Crippen LogP contribution in [0.25, 0.3) is 6.08 Å². The molecule has 1 aromatic carbocycles. The van der Waals surface area contributed by atoms with E-state index in [1.54, 1.807) is 38.1 Å². The summed E-state index contributed by atoms with van der Waals surface area (Å²) in [5.41, 5.74) is 1.92. The Morgan fingerprint density at radius 1 is 1.56 bits per heavy atom. The number of carbonyl (C=O) groups is 1. The van der Waals surface area contributed by atoms with Crippen LogP contribution in [0.5, 0.6) is 0 Å². The van der Waals surface area contributed by atoms with E-state index in [1.807, 2.05) is 12.1 Å². The zero-order valence-electron chi connectivity index (χ0n) is 9.36. The topological polar surface area (TPSA) is 50.1 Å². The minimum Gasteiger partial charge on any atom is -0.463 e. The molecule has 0 bridgehead atoms. The molecule has 0 saturated heterocycles. The predicted molar refractivity (Wildman–Crippen MR) is 61.4 cm³/mol. The molecule has 0 aliphatic heterocycles. The summed E-state index contributed by atoms with van der Waals surface area (Å²) in [6, 6.07) is 9.11. The summed E-state index contributed by atoms with van der Waals surface area (Å²) in [5.74, 6) is -0.329. The van der Waals surface area contributed by atoms with E-state index in [2.05, 4.69) is 0 Å². The van der Waals surface area contributed by atoms with Gasteiger partial charge in [0.2, 0.25) is 0 Å². The Labute approximate surface area is 95.0 Å². The molecule has 0 amide bonds. The third-order valence-corrected chi connectivity index (χ3v) is 2.00. The molecule has 0 aliphatic carbocycles. The largest absolute Gasteiger partial charge is 0.463 e. The monoisotopic (exact) mass is 215 g/mol. The van der Waals surface area contributed by atoms with Gasteiger partial charge in [0.25, 0.3) is 0 Å². The van der Waals surface area contributed by atoms with Gasteiger partial charge in [-0.2, -0.15) is 5.26 Å². The number of nitriles is 1. The fraction of sp³-hybridized carbons (Fsp3) is 0.231. The number of hydrogen-bond donors (Lipinski definition) is 0. The zero-order valence-corrected chi connectivity index (χ0v) is 9.36. The van der Waals surface area contributed by atoms with Crippen LogP contribution >= 0.6 is 0 Å². The summed E-state index contributed by atoms with van der Waals surface area (Å²) in [7, 11) is 0. The molecule has 16 heavy (non-hydrogen) atoms. The number of rotatable bonds is 3. The van der Waals surface area contributed by atoms with Gasteiger partial charge >= 0.3 is 5.97 Å². The van der Waals surface area contributed by atoms with Crippen LogP contribution in [0.4, 0.5) is 0 Å². The fourth-order valence-electron chi connectivity index (χ4n) is 1.25. The smallest absolute Gasteiger partial charge is 0.333 e. The Hall–Kier alpha value is -2.08. The van der Waals surface area contributed by atoms with Crippen LogP contribution in [0.2, 0.25) is 0 Å². The van der Waals surface area contributed by atoms with Gasteiger partial charge in [-0.25, -0.2) is 4.79 Å². The lowest BCUT2D eigenvalue weighted by Crippen LogP contribution is -2.04. The Morgan fingerprint density at radius 2 is 2.31 bits per heavy atom. The van der Waals surface area contributed by atoms with E-state index in [4.69, 9.17) is 10.00 Å². The lowest BCUT2D eigenvalue weighted by molar-refractivity contribution is -0.138. The number of carbonyl (C=O) groups excluding carboxylic acids is 1. The quantitative estimate of drug-likeness (QED) is 0.575. The molecule has 0 spiro atoms. The van der Waals surface area contributed by atoms with Crippen molar-refractivity contribution in [3.05, 3.63) is 41.0 Å². The number of hydrogen-bond acceptors (Lipinski definition) is 3. The average molecular weight is 215 g/mol. The van der Waals surface area contributed by atoms with Crippen LogP contribution in [0.1, 0.15) is 25.0 Å². The van der Waals surface area contributed by atoms with Crippen molar-refractivity contribution in [2.45, 2.75) is 13.8 Å². The molecule has 1 rings (SSSR count). The van der Waals surface area contributed by atoms with E-state index in [1.165, 1.54) is 0 Å². The van der Waals surface area contributed by atoms with Gasteiger partial charge in [0.1, 0.15) is 0 Å². The molecule has 0 N–H and O–H groups in total. The first-order valence-corrected chi connectivity index (χ1v) is 5.03. The van der Waals surface area contributed by atoms with Gasteiger partial charge < -0.3 is 4.74 Å². The molecule has 0 saturated carbocycles. The third kappa shape index (κ3) is 3.25. The highest BCUT2D eigenvalue weighted by molar-refractivity contribution is 5.93. The van der Waals surface area contributed by atoms with Gasteiger partial charge in [-0.15, -0.1) is 0 Å². The second-order valence-electron chi connectivity index (χ2n) is 3.29. The number of esters is 1. The molecule has 82 valence electrons. The first-order chi connectivity index (χ1) is 7.67. The van der Waals surface area contributed by atoms with Crippen molar-refractivity contribution in [1.29, 1.82) is 5.26 Å². The molecular formula is C13H13NO2. The molecular weight excluding hydrogens is 202 g/mol. The standard InChI is InChI=1S/C13H13NO2/c1-3-16-13(15)10(2)7-11-5-4-6-12(8-11)9-14/h4-8H,3H2,1-2H3/b10-7+. The Balaban J connectivity index is 2.90. The van der Waals surface area contributed by atoms with Crippen LogP contribution in [0.15, 0.2) is 29.8 Å². The maximum atomic E-state index is 11.3. The van der Waals surface area contributed by atoms with Crippen molar-refractivity contribution >= 4 is 12.0 Å². The number of nitrogens with zero attached hydrogens (tertiary/aromatic N) is 1. The van der Waals surface area contributed by atoms with Crippen LogP contribution in [-0.2, 0) is 9.53 Å². The SMILES string of the molecule is CCOC(=O)/C(C)=C/c1cccc(C#N)c1. The van der Waals surface area contributed by atoms with Crippen molar-refractivity contribution in [3.8, 4) is 6.07 Å². The van der Waals surface area contributed by atoms with Gasteiger partial charge in [0.05, 0.1) is 18.2 Å². The number of ether oxygens (including phenoxy) is 1. The predicted octanol–water partition coefficient (Wildman–Crippen LogP) is 2.52. The molecule has 3 heteroatoms. The molecule has 3 nitrogen and oxygen atoms in total. The number of benzene rings is 1. The van der Waals surface area contributed by atoms with E-state index in [9.17, 15) is 4.79 Å². The lowest BCUT2D eigenvalue weighted by Gasteiger charge is -2.01. The Morgan fingerprint density at radius 3 is 2.94 bits per heavy atom. The van der Waals surface area contributed by atoms with Crippen molar-refractivity contribution in [3.63, 3.8) is 0 Å². The molecule has 0 atom stereocenters. The van der Waals surface area contributed by atoms with Gasteiger partial charge in [0, 0.05) is 5.57 Å². The van der Waals surface area contributed by atoms with Gasteiger partial charge in [-0.1, -0.05) is 12.1 Å². The molecule has 1 aromatic rings. The molecule has 0 radical (unpaired) electrons. The highest BCUT2D eigenvalue weighted by atomic mass is 16.5. The summed E-state index contributed by atoms with van der Waals surface area (Å²) in [4.78, 5) is 11.3. The summed E-state index contributed by atoms with van der Waals surface area (Å²) in [5, 5.41) is 8.73. The van der Waals surface area contributed by atoms with Crippen molar-refractivity contribution in [2.24, 2.45) is 0 Å². The highest BCUT2D eigenvalue weighted by Gasteiger charge is 2.04. The summed E-state index contributed by atoms with van der Waals surface area (Å²) < 4.78 is 4.86. The van der Waals surface area contributed by atoms with E-state index in [0.29, 0.717) is 17.7 Å². The first-order valence-electron chi connectivity index (χ1n) is 5.03. The van der Waals surface area contributed by atoms with E-state index in [0.717, 1.165) is 5.56 Å². The second-order valence-corrected chi connectivity index (χ2v) is 3.29. The molecule has 0 fully saturated rings. The normalized spacial score (nSPS) is 10.7. The van der Waals surface area contributed by atoms with Crippen LogP contribution < -0.4 is 0 Å². The van der Waals surface area contributed by atoms with Gasteiger partial charge in [0.15, 0.2) is 0 Å².